The van der Waals surface area contributed by atoms with Crippen molar-refractivity contribution < 1.29 is 19.4 Å². The quantitative estimate of drug-likeness (QED) is 0.451. The van der Waals surface area contributed by atoms with Gasteiger partial charge in [0, 0.05) is 23.0 Å². The number of ether oxygens (including phenoxy) is 2. The first-order chi connectivity index (χ1) is 16.3. The highest BCUT2D eigenvalue weighted by Crippen LogP contribution is 2.35. The number of hydrogen-bond donors (Lipinski definition) is 2. The van der Waals surface area contributed by atoms with Crippen molar-refractivity contribution in [3.63, 3.8) is 0 Å². The molecule has 2 N–H and O–H groups in total. The molecule has 34 heavy (non-hydrogen) atoms. The van der Waals surface area contributed by atoms with Gasteiger partial charge in [-0.3, -0.25) is 15.1 Å². The number of carbonyl (C=O) groups excluding carboxylic acids is 1. The number of halogens is 1. The molecule has 3 heterocycles. The van der Waals surface area contributed by atoms with Crippen LogP contribution in [0.2, 0.25) is 5.15 Å². The van der Waals surface area contributed by atoms with Crippen molar-refractivity contribution in [3.8, 4) is 22.1 Å². The summed E-state index contributed by atoms with van der Waals surface area (Å²) in [6.07, 6.45) is 6.28. The molecule has 1 aliphatic rings. The van der Waals surface area contributed by atoms with Gasteiger partial charge < -0.3 is 14.6 Å². The number of aromatic nitrogens is 4. The second kappa shape index (κ2) is 10.6. The summed E-state index contributed by atoms with van der Waals surface area (Å²) in [5, 5.41) is 21.7. The number of amides is 1. The fraction of sp³-hybridized carbons (Fsp3) is 0.435. The summed E-state index contributed by atoms with van der Waals surface area (Å²) in [5.74, 6) is 0.411. The summed E-state index contributed by atoms with van der Waals surface area (Å²) < 4.78 is 11.4. The van der Waals surface area contributed by atoms with E-state index in [1.165, 1.54) is 30.8 Å². The van der Waals surface area contributed by atoms with E-state index in [4.69, 9.17) is 21.1 Å². The average molecular weight is 504 g/mol. The van der Waals surface area contributed by atoms with E-state index < -0.39 is 5.91 Å². The van der Waals surface area contributed by atoms with Crippen LogP contribution >= 0.6 is 22.9 Å². The molecule has 1 amide bonds. The highest BCUT2D eigenvalue weighted by atomic mass is 35.5. The van der Waals surface area contributed by atoms with E-state index in [1.807, 2.05) is 13.8 Å². The Morgan fingerprint density at radius 3 is 2.65 bits per heavy atom. The molecule has 0 spiro atoms. The van der Waals surface area contributed by atoms with Gasteiger partial charge in [0.1, 0.15) is 17.0 Å². The first kappa shape index (κ1) is 24.3. The van der Waals surface area contributed by atoms with Crippen LogP contribution in [0.15, 0.2) is 24.5 Å². The Bertz CT molecular complexity index is 1160. The van der Waals surface area contributed by atoms with Gasteiger partial charge in [0.15, 0.2) is 0 Å². The third kappa shape index (κ3) is 5.63. The van der Waals surface area contributed by atoms with Crippen molar-refractivity contribution >= 4 is 34.0 Å². The summed E-state index contributed by atoms with van der Waals surface area (Å²) in [7, 11) is 1.53. The summed E-state index contributed by atoms with van der Waals surface area (Å²) in [5.41, 5.74) is 2.31. The SMILES string of the molecule is COc1cnc(Cl)cc1-c1cc(C)ncc1C(=O)Nc1nnc(O[C@H]2CC[C@H]([C@H](C)O)CC2)s1. The van der Waals surface area contributed by atoms with Crippen molar-refractivity contribution in [2.75, 3.05) is 12.4 Å². The van der Waals surface area contributed by atoms with E-state index in [9.17, 15) is 9.90 Å². The minimum Gasteiger partial charge on any atom is -0.494 e. The number of pyridine rings is 2. The number of nitrogens with zero attached hydrogens (tertiary/aromatic N) is 4. The van der Waals surface area contributed by atoms with E-state index in [-0.39, 0.29) is 17.4 Å². The zero-order valence-corrected chi connectivity index (χ0v) is 20.7. The first-order valence-corrected chi connectivity index (χ1v) is 12.2. The molecule has 0 unspecified atom stereocenters. The van der Waals surface area contributed by atoms with Crippen molar-refractivity contribution in [1.82, 2.24) is 20.2 Å². The van der Waals surface area contributed by atoms with Crippen molar-refractivity contribution in [1.29, 1.82) is 0 Å². The molecule has 1 atom stereocenters. The van der Waals surface area contributed by atoms with Gasteiger partial charge in [-0.25, -0.2) is 4.98 Å². The standard InChI is InChI=1S/C23H26ClN5O4S/c1-12-8-16(17-9-20(24)26-11-19(17)32-3)18(10-25-12)21(31)27-22-28-29-23(34-22)33-15-6-4-14(5-7-15)13(2)30/h8-11,13-15,30H,4-7H2,1-3H3,(H,27,28,31)/t13-,14-,15-/m0/s1. The largest absolute Gasteiger partial charge is 0.494 e. The molecule has 0 radical (unpaired) electrons. The molecule has 3 aromatic heterocycles. The van der Waals surface area contributed by atoms with Crippen LogP contribution in [-0.4, -0.2) is 50.5 Å². The van der Waals surface area contributed by atoms with Crippen LogP contribution in [-0.2, 0) is 0 Å². The Kier molecular flexibility index (Phi) is 7.60. The number of aliphatic hydroxyl groups is 1. The summed E-state index contributed by atoms with van der Waals surface area (Å²) >= 11 is 7.28. The zero-order valence-electron chi connectivity index (χ0n) is 19.1. The Morgan fingerprint density at radius 2 is 1.94 bits per heavy atom. The predicted molar refractivity (Wildman–Crippen MR) is 130 cm³/mol. The highest BCUT2D eigenvalue weighted by Gasteiger charge is 2.26. The van der Waals surface area contributed by atoms with Crippen LogP contribution in [0.1, 0.15) is 48.7 Å². The summed E-state index contributed by atoms with van der Waals surface area (Å²) in [6, 6.07) is 3.44. The van der Waals surface area contributed by atoms with Gasteiger partial charge in [-0.15, -0.1) is 5.10 Å². The van der Waals surface area contributed by atoms with Gasteiger partial charge in [0.25, 0.3) is 11.1 Å². The average Bonchev–Trinajstić information content (AvgIpc) is 3.25. The van der Waals surface area contributed by atoms with Gasteiger partial charge in [0.05, 0.1) is 25.0 Å². The van der Waals surface area contributed by atoms with Crippen LogP contribution in [0.3, 0.4) is 0 Å². The number of aliphatic hydroxyl groups excluding tert-OH is 1. The molecule has 180 valence electrons. The molecule has 0 bridgehead atoms. The van der Waals surface area contributed by atoms with E-state index in [1.54, 1.807) is 12.1 Å². The summed E-state index contributed by atoms with van der Waals surface area (Å²) in [6.45, 7) is 3.67. The molecule has 4 rings (SSSR count). The molecular weight excluding hydrogens is 478 g/mol. The van der Waals surface area contributed by atoms with E-state index >= 15 is 0 Å². The Balaban J connectivity index is 1.48. The fourth-order valence-electron chi connectivity index (χ4n) is 4.06. The van der Waals surface area contributed by atoms with Crippen LogP contribution in [0.5, 0.6) is 10.9 Å². The topological polar surface area (TPSA) is 119 Å². The molecule has 1 aliphatic carbocycles. The van der Waals surface area contributed by atoms with Gasteiger partial charge in [-0.2, -0.15) is 0 Å². The number of aryl methyl sites for hydroxylation is 1. The monoisotopic (exact) mass is 503 g/mol. The lowest BCUT2D eigenvalue weighted by Crippen LogP contribution is -2.28. The van der Waals surface area contributed by atoms with E-state index in [2.05, 4.69) is 25.5 Å². The molecule has 3 aromatic rings. The third-order valence-corrected chi connectivity index (χ3v) is 6.86. The number of carbonyl (C=O) groups is 1. The second-order valence-electron chi connectivity index (χ2n) is 8.30. The van der Waals surface area contributed by atoms with Crippen molar-refractivity contribution in [3.05, 3.63) is 40.9 Å². The number of hydrogen-bond acceptors (Lipinski definition) is 9. The normalized spacial score (nSPS) is 18.9. The minimum absolute atomic E-state index is 0.0308. The van der Waals surface area contributed by atoms with Gasteiger partial charge in [0.2, 0.25) is 5.13 Å². The maximum absolute atomic E-state index is 13.1. The number of rotatable bonds is 7. The minimum atomic E-state index is -0.391. The molecular formula is C23H26ClN5O4S. The maximum atomic E-state index is 13.1. The molecule has 1 saturated carbocycles. The number of methoxy groups -OCH3 is 1. The van der Waals surface area contributed by atoms with Gasteiger partial charge in [-0.05, 0) is 68.9 Å². The highest BCUT2D eigenvalue weighted by molar-refractivity contribution is 7.17. The number of anilines is 1. The Labute approximate surface area is 206 Å². The Hall–Kier alpha value is -2.82. The summed E-state index contributed by atoms with van der Waals surface area (Å²) in [4.78, 5) is 21.5. The molecule has 11 heteroatoms. The second-order valence-corrected chi connectivity index (χ2v) is 9.63. The molecule has 0 saturated heterocycles. The molecule has 1 fully saturated rings. The van der Waals surface area contributed by atoms with Crippen LogP contribution < -0.4 is 14.8 Å². The van der Waals surface area contributed by atoms with Gasteiger partial charge in [-0.1, -0.05) is 16.7 Å². The smallest absolute Gasteiger partial charge is 0.296 e. The third-order valence-electron chi connectivity index (χ3n) is 5.92. The molecule has 9 nitrogen and oxygen atoms in total. The van der Waals surface area contributed by atoms with Crippen LogP contribution in [0, 0.1) is 12.8 Å². The molecule has 0 aliphatic heterocycles. The fourth-order valence-corrected chi connectivity index (χ4v) is 4.87. The van der Waals surface area contributed by atoms with Crippen LogP contribution in [0.25, 0.3) is 11.1 Å². The van der Waals surface area contributed by atoms with Crippen LogP contribution in [0.4, 0.5) is 5.13 Å². The lowest BCUT2D eigenvalue weighted by atomic mass is 9.84. The maximum Gasteiger partial charge on any atom is 0.296 e. The molecule has 0 aromatic carbocycles. The predicted octanol–water partition coefficient (Wildman–Crippen LogP) is 4.54. The van der Waals surface area contributed by atoms with Crippen molar-refractivity contribution in [2.24, 2.45) is 5.92 Å². The lowest BCUT2D eigenvalue weighted by molar-refractivity contribution is 0.0606. The van der Waals surface area contributed by atoms with Crippen molar-refractivity contribution in [2.45, 2.75) is 51.7 Å². The Morgan fingerprint density at radius 1 is 1.18 bits per heavy atom. The zero-order chi connectivity index (χ0) is 24.2. The van der Waals surface area contributed by atoms with E-state index in [0.717, 1.165) is 31.4 Å². The lowest BCUT2D eigenvalue weighted by Gasteiger charge is -2.29. The number of nitrogens with one attached hydrogen (secondary N) is 1. The van der Waals surface area contributed by atoms with Gasteiger partial charge >= 0.3 is 0 Å². The first-order valence-electron chi connectivity index (χ1n) is 11.0. The van der Waals surface area contributed by atoms with E-state index in [0.29, 0.717) is 38.7 Å².